The molecule has 1 aromatic heterocycles. The second kappa shape index (κ2) is 5.27. The normalized spacial score (nSPS) is 20.5. The van der Waals surface area contributed by atoms with E-state index in [9.17, 15) is 14.7 Å². The third-order valence-electron chi connectivity index (χ3n) is 3.15. The average molecular weight is 267 g/mol. The molecule has 1 aromatic rings. The van der Waals surface area contributed by atoms with Crippen molar-refractivity contribution in [2.45, 2.75) is 19.1 Å². The number of anilines is 3. The van der Waals surface area contributed by atoms with Crippen molar-refractivity contribution >= 4 is 23.7 Å². The summed E-state index contributed by atoms with van der Waals surface area (Å²) in [7, 11) is 1.65. The lowest BCUT2D eigenvalue weighted by Crippen LogP contribution is -2.46. The molecule has 1 aliphatic rings. The molecule has 0 fully saturated rings. The molecular weight excluding hydrogens is 250 g/mol. The number of carbonyl (C=O) groups is 1. The highest BCUT2D eigenvalue weighted by Gasteiger charge is 2.30. The van der Waals surface area contributed by atoms with Crippen LogP contribution in [0.2, 0.25) is 0 Å². The summed E-state index contributed by atoms with van der Waals surface area (Å²) in [5.74, 6) is 0.197. The number of fused-ring (bicyclic) bond motifs is 1. The lowest BCUT2D eigenvalue weighted by Gasteiger charge is -2.31. The molecule has 0 amide bonds. The van der Waals surface area contributed by atoms with E-state index in [2.05, 4.69) is 25.9 Å². The zero-order chi connectivity index (χ0) is 14.0. The molecule has 0 aromatic carbocycles. The van der Waals surface area contributed by atoms with E-state index in [1.165, 1.54) is 0 Å². The summed E-state index contributed by atoms with van der Waals surface area (Å²) in [6.45, 7) is 1.95. The first-order valence-electron chi connectivity index (χ1n) is 6.02. The predicted molar refractivity (Wildman–Crippen MR) is 71.5 cm³/mol. The maximum atomic E-state index is 11.9. The maximum Gasteiger partial charge on any atom is 0.277 e. The Morgan fingerprint density at radius 3 is 2.89 bits per heavy atom. The van der Waals surface area contributed by atoms with Gasteiger partial charge in [-0.15, -0.1) is 0 Å². The van der Waals surface area contributed by atoms with Crippen molar-refractivity contribution in [3.8, 4) is 0 Å². The lowest BCUT2D eigenvalue weighted by molar-refractivity contribution is -0.114. The van der Waals surface area contributed by atoms with Crippen molar-refractivity contribution in [1.29, 1.82) is 0 Å². The molecule has 104 valence electrons. The Morgan fingerprint density at radius 1 is 1.58 bits per heavy atom. The Bertz CT molecular complexity index is 528. The van der Waals surface area contributed by atoms with Crippen LogP contribution in [-0.2, 0) is 4.79 Å². The molecular formula is C11H17N5O3. The van der Waals surface area contributed by atoms with Crippen LogP contribution in [0.5, 0.6) is 0 Å². The van der Waals surface area contributed by atoms with Crippen LogP contribution in [0.25, 0.3) is 0 Å². The number of aliphatic hydroxyl groups is 1. The molecule has 0 aliphatic carbocycles. The summed E-state index contributed by atoms with van der Waals surface area (Å²) in [4.78, 5) is 29.6. The SMILES string of the molecule is CNc1nc2c(c(=O)[nH]1)N[C@@H](C(C=O)[C@H](C)O)CN2. The molecule has 8 heteroatoms. The van der Waals surface area contributed by atoms with Crippen molar-refractivity contribution in [2.75, 3.05) is 29.5 Å². The summed E-state index contributed by atoms with van der Waals surface area (Å²) in [6, 6.07) is -0.353. The van der Waals surface area contributed by atoms with Crippen molar-refractivity contribution in [2.24, 2.45) is 5.92 Å². The second-order valence-electron chi connectivity index (χ2n) is 4.47. The summed E-state index contributed by atoms with van der Waals surface area (Å²) in [6.07, 6.45) is -0.0968. The average Bonchev–Trinajstić information content (AvgIpc) is 2.39. The molecule has 5 N–H and O–H groups in total. The van der Waals surface area contributed by atoms with Crippen LogP contribution < -0.4 is 21.5 Å². The topological polar surface area (TPSA) is 119 Å². The van der Waals surface area contributed by atoms with Crippen LogP contribution >= 0.6 is 0 Å². The summed E-state index contributed by atoms with van der Waals surface area (Å²) in [5.41, 5.74) is -0.0514. The highest BCUT2D eigenvalue weighted by Crippen LogP contribution is 2.23. The first-order valence-corrected chi connectivity index (χ1v) is 6.02. The van der Waals surface area contributed by atoms with E-state index in [0.717, 1.165) is 0 Å². The Hall–Kier alpha value is -2.09. The van der Waals surface area contributed by atoms with Gasteiger partial charge in [0.2, 0.25) is 5.95 Å². The number of aliphatic hydroxyl groups excluding tert-OH is 1. The van der Waals surface area contributed by atoms with Crippen molar-refractivity contribution in [3.63, 3.8) is 0 Å². The Kier molecular flexibility index (Phi) is 3.70. The smallest absolute Gasteiger partial charge is 0.277 e. The van der Waals surface area contributed by atoms with Crippen LogP contribution in [-0.4, -0.2) is 47.1 Å². The standard InChI is InChI=1S/C11H17N5O3/c1-5(18)6(4-17)7-3-13-9-8(14-7)10(19)16-11(12-2)15-9/h4-7,14,18H,3H2,1-2H3,(H3,12,13,15,16,19)/t5-,6?,7+/m0/s1. The van der Waals surface area contributed by atoms with Crippen LogP contribution in [0.1, 0.15) is 6.92 Å². The number of nitrogens with zero attached hydrogens (tertiary/aromatic N) is 1. The van der Waals surface area contributed by atoms with E-state index in [0.29, 0.717) is 24.6 Å². The van der Waals surface area contributed by atoms with Gasteiger partial charge in [-0.05, 0) is 6.92 Å². The number of aromatic nitrogens is 2. The fraction of sp³-hybridized carbons (Fsp3) is 0.545. The number of aldehydes is 1. The summed E-state index contributed by atoms with van der Waals surface area (Å²) in [5, 5.41) is 18.3. The van der Waals surface area contributed by atoms with E-state index >= 15 is 0 Å². The molecule has 2 rings (SSSR count). The zero-order valence-electron chi connectivity index (χ0n) is 10.7. The number of nitrogens with one attached hydrogen (secondary N) is 4. The first-order chi connectivity index (χ1) is 9.06. The minimum Gasteiger partial charge on any atom is -0.393 e. The van der Waals surface area contributed by atoms with Gasteiger partial charge in [0, 0.05) is 13.6 Å². The number of aromatic amines is 1. The minimum atomic E-state index is -0.790. The highest BCUT2D eigenvalue weighted by atomic mass is 16.3. The number of rotatable bonds is 4. The van der Waals surface area contributed by atoms with Gasteiger partial charge in [0.25, 0.3) is 5.56 Å². The fourth-order valence-electron chi connectivity index (χ4n) is 2.07. The summed E-state index contributed by atoms with van der Waals surface area (Å²) >= 11 is 0. The molecule has 3 atom stereocenters. The minimum absolute atomic E-state index is 0.280. The second-order valence-corrected chi connectivity index (χ2v) is 4.47. The van der Waals surface area contributed by atoms with Gasteiger partial charge in [0.15, 0.2) is 5.82 Å². The number of hydrogen-bond donors (Lipinski definition) is 5. The Morgan fingerprint density at radius 2 is 2.32 bits per heavy atom. The third kappa shape index (κ3) is 2.53. The van der Waals surface area contributed by atoms with Crippen molar-refractivity contribution < 1.29 is 9.90 Å². The van der Waals surface area contributed by atoms with E-state index in [1.54, 1.807) is 14.0 Å². The van der Waals surface area contributed by atoms with Gasteiger partial charge in [0.1, 0.15) is 12.0 Å². The quantitative estimate of drug-likeness (QED) is 0.454. The van der Waals surface area contributed by atoms with Crippen LogP contribution in [0.15, 0.2) is 4.79 Å². The van der Waals surface area contributed by atoms with Gasteiger partial charge in [0.05, 0.1) is 18.1 Å². The van der Waals surface area contributed by atoms with E-state index in [4.69, 9.17) is 0 Å². The first kappa shape index (κ1) is 13.3. The molecule has 0 saturated heterocycles. The van der Waals surface area contributed by atoms with Crippen molar-refractivity contribution in [1.82, 2.24) is 9.97 Å². The Balaban J connectivity index is 2.29. The largest absolute Gasteiger partial charge is 0.393 e. The van der Waals surface area contributed by atoms with Crippen LogP contribution in [0.3, 0.4) is 0 Å². The molecule has 1 aliphatic heterocycles. The zero-order valence-corrected chi connectivity index (χ0v) is 10.7. The third-order valence-corrected chi connectivity index (χ3v) is 3.15. The monoisotopic (exact) mass is 267 g/mol. The fourth-order valence-corrected chi connectivity index (χ4v) is 2.07. The van der Waals surface area contributed by atoms with E-state index < -0.39 is 12.0 Å². The number of carbonyl (C=O) groups excluding carboxylic acids is 1. The van der Waals surface area contributed by atoms with Gasteiger partial charge in [-0.3, -0.25) is 9.78 Å². The summed E-state index contributed by atoms with van der Waals surface area (Å²) < 4.78 is 0. The molecule has 0 radical (unpaired) electrons. The molecule has 0 bridgehead atoms. The molecule has 8 nitrogen and oxygen atoms in total. The van der Waals surface area contributed by atoms with Crippen molar-refractivity contribution in [3.05, 3.63) is 10.4 Å². The maximum absolute atomic E-state index is 11.9. The number of H-pyrrole nitrogens is 1. The number of hydrogen-bond acceptors (Lipinski definition) is 7. The van der Waals surface area contributed by atoms with Crippen LogP contribution in [0.4, 0.5) is 17.5 Å². The predicted octanol–water partition coefficient (Wildman–Crippen LogP) is -0.786. The van der Waals surface area contributed by atoms with Gasteiger partial charge >= 0.3 is 0 Å². The van der Waals surface area contributed by atoms with Gasteiger partial charge in [-0.2, -0.15) is 4.98 Å². The van der Waals surface area contributed by atoms with Crippen LogP contribution in [0, 0.1) is 5.92 Å². The van der Waals surface area contributed by atoms with E-state index in [1.807, 2.05) is 0 Å². The van der Waals surface area contributed by atoms with Gasteiger partial charge < -0.3 is 25.9 Å². The molecule has 19 heavy (non-hydrogen) atoms. The van der Waals surface area contributed by atoms with Gasteiger partial charge in [-0.1, -0.05) is 0 Å². The molecule has 2 heterocycles. The molecule has 0 spiro atoms. The van der Waals surface area contributed by atoms with Gasteiger partial charge in [-0.25, -0.2) is 0 Å². The van der Waals surface area contributed by atoms with E-state index in [-0.39, 0.29) is 17.3 Å². The lowest BCUT2D eigenvalue weighted by atomic mass is 9.94. The Labute approximate surface area is 109 Å². The highest BCUT2D eigenvalue weighted by molar-refractivity contribution is 5.69. The molecule has 1 unspecified atom stereocenters. The molecule has 0 saturated carbocycles.